The van der Waals surface area contributed by atoms with Gasteiger partial charge in [0.2, 0.25) is 0 Å². The Kier molecular flexibility index (Phi) is 3.32. The fourth-order valence-corrected chi connectivity index (χ4v) is 1.69. The first-order valence-electron chi connectivity index (χ1n) is 5.57. The molecule has 0 saturated carbocycles. The van der Waals surface area contributed by atoms with Crippen LogP contribution < -0.4 is 5.73 Å². The van der Waals surface area contributed by atoms with Gasteiger partial charge < -0.3 is 10.5 Å². The van der Waals surface area contributed by atoms with Crippen molar-refractivity contribution in [3.05, 3.63) is 47.3 Å². The number of esters is 1. The van der Waals surface area contributed by atoms with Crippen molar-refractivity contribution < 1.29 is 9.53 Å². The quantitative estimate of drug-likeness (QED) is 0.659. The van der Waals surface area contributed by atoms with E-state index >= 15 is 0 Å². The minimum absolute atomic E-state index is 0.160. The fraction of sp³-hybridized carbons (Fsp3) is 0.231. The molecule has 0 fully saturated rings. The molecule has 1 heterocycles. The first-order valence-corrected chi connectivity index (χ1v) is 5.57. The Morgan fingerprint density at radius 2 is 2.22 bits per heavy atom. The van der Waals surface area contributed by atoms with E-state index in [0.717, 1.165) is 5.56 Å². The zero-order chi connectivity index (χ0) is 13.1. The maximum atomic E-state index is 11.8. The van der Waals surface area contributed by atoms with Crippen LogP contribution in [0.2, 0.25) is 0 Å². The highest BCUT2D eigenvalue weighted by atomic mass is 16.5. The van der Waals surface area contributed by atoms with Gasteiger partial charge in [-0.05, 0) is 36.8 Å². The van der Waals surface area contributed by atoms with Crippen LogP contribution in [0.1, 0.15) is 21.6 Å². The van der Waals surface area contributed by atoms with Crippen LogP contribution in [0.4, 0.5) is 5.69 Å². The van der Waals surface area contributed by atoms with Gasteiger partial charge in [-0.1, -0.05) is 0 Å². The van der Waals surface area contributed by atoms with Gasteiger partial charge in [-0.25, -0.2) is 4.79 Å². The van der Waals surface area contributed by atoms with E-state index in [9.17, 15) is 4.79 Å². The van der Waals surface area contributed by atoms with E-state index in [-0.39, 0.29) is 6.61 Å². The highest BCUT2D eigenvalue weighted by molar-refractivity contribution is 5.90. The number of nitrogens with zero attached hydrogens (tertiary/aromatic N) is 2. The lowest BCUT2D eigenvalue weighted by Crippen LogP contribution is -2.07. The van der Waals surface area contributed by atoms with Crippen molar-refractivity contribution in [3.8, 4) is 0 Å². The molecule has 0 spiro atoms. The van der Waals surface area contributed by atoms with E-state index in [2.05, 4.69) is 5.10 Å². The van der Waals surface area contributed by atoms with E-state index in [4.69, 9.17) is 10.5 Å². The summed E-state index contributed by atoms with van der Waals surface area (Å²) in [7, 11) is 1.81. The van der Waals surface area contributed by atoms with E-state index in [1.54, 1.807) is 35.1 Å². The molecule has 2 rings (SSSR count). The molecule has 18 heavy (non-hydrogen) atoms. The van der Waals surface area contributed by atoms with Gasteiger partial charge in [-0.2, -0.15) is 5.10 Å². The highest BCUT2D eigenvalue weighted by Crippen LogP contribution is 2.13. The number of anilines is 1. The molecule has 0 saturated heterocycles. The molecule has 5 heteroatoms. The summed E-state index contributed by atoms with van der Waals surface area (Å²) in [5, 5.41) is 4.13. The Balaban J connectivity index is 2.03. The number of aryl methyl sites for hydroxylation is 2. The minimum atomic E-state index is -0.393. The van der Waals surface area contributed by atoms with Gasteiger partial charge in [0.25, 0.3) is 0 Å². The lowest BCUT2D eigenvalue weighted by molar-refractivity contribution is 0.0467. The number of nitrogens with two attached hydrogens (primary N) is 1. The van der Waals surface area contributed by atoms with E-state index in [1.165, 1.54) is 0 Å². The molecule has 0 atom stereocenters. The summed E-state index contributed by atoms with van der Waals surface area (Å²) in [6, 6.07) is 6.96. The predicted molar refractivity (Wildman–Crippen MR) is 67.9 cm³/mol. The summed E-state index contributed by atoms with van der Waals surface area (Å²) in [4.78, 5) is 11.8. The topological polar surface area (TPSA) is 70.1 Å². The second-order valence-corrected chi connectivity index (χ2v) is 4.19. The number of hydrogen-bond acceptors (Lipinski definition) is 4. The molecule has 94 valence electrons. The van der Waals surface area contributed by atoms with Gasteiger partial charge >= 0.3 is 5.97 Å². The second-order valence-electron chi connectivity index (χ2n) is 4.19. The molecule has 0 unspecified atom stereocenters. The van der Waals surface area contributed by atoms with Crippen LogP contribution in [-0.2, 0) is 18.4 Å². The van der Waals surface area contributed by atoms with Crippen LogP contribution in [0.15, 0.2) is 30.5 Å². The Hall–Kier alpha value is -2.30. The highest BCUT2D eigenvalue weighted by Gasteiger charge is 2.09. The normalized spacial score (nSPS) is 10.3. The van der Waals surface area contributed by atoms with Crippen molar-refractivity contribution >= 4 is 11.7 Å². The minimum Gasteiger partial charge on any atom is -0.456 e. The molecule has 0 aliphatic carbocycles. The van der Waals surface area contributed by atoms with Crippen molar-refractivity contribution in [1.82, 2.24) is 9.78 Å². The van der Waals surface area contributed by atoms with Crippen LogP contribution in [0.25, 0.3) is 0 Å². The number of nitrogen functional groups attached to an aromatic ring is 1. The molecule has 0 bridgehead atoms. The second kappa shape index (κ2) is 4.91. The lowest BCUT2D eigenvalue weighted by atomic mass is 10.1. The largest absolute Gasteiger partial charge is 0.456 e. The van der Waals surface area contributed by atoms with E-state index in [0.29, 0.717) is 16.9 Å². The smallest absolute Gasteiger partial charge is 0.338 e. The summed E-state index contributed by atoms with van der Waals surface area (Å²) < 4.78 is 6.83. The molecule has 2 aromatic rings. The SMILES string of the molecule is Cc1cc(N)cc(C(=O)OCc2ccn(C)n2)c1. The van der Waals surface area contributed by atoms with Crippen LogP contribution in [0.5, 0.6) is 0 Å². The van der Waals surface area contributed by atoms with Crippen LogP contribution in [0, 0.1) is 6.92 Å². The molecule has 5 nitrogen and oxygen atoms in total. The predicted octanol–water partition coefficient (Wildman–Crippen LogP) is 1.67. The van der Waals surface area contributed by atoms with Gasteiger partial charge in [-0.15, -0.1) is 0 Å². The molecule has 0 amide bonds. The zero-order valence-corrected chi connectivity index (χ0v) is 10.4. The Bertz CT molecular complexity index is 555. The molecular weight excluding hydrogens is 230 g/mol. The van der Waals surface area contributed by atoms with E-state index in [1.807, 2.05) is 14.0 Å². The number of rotatable bonds is 3. The van der Waals surface area contributed by atoms with Crippen molar-refractivity contribution in [1.29, 1.82) is 0 Å². The van der Waals surface area contributed by atoms with Gasteiger partial charge in [0.05, 0.1) is 11.3 Å². The van der Waals surface area contributed by atoms with Crippen molar-refractivity contribution in [3.63, 3.8) is 0 Å². The third-order valence-corrected chi connectivity index (χ3v) is 2.46. The average molecular weight is 245 g/mol. The molecule has 0 radical (unpaired) electrons. The molecule has 0 aliphatic heterocycles. The van der Waals surface area contributed by atoms with Crippen molar-refractivity contribution in [2.45, 2.75) is 13.5 Å². The monoisotopic (exact) mass is 245 g/mol. The summed E-state index contributed by atoms with van der Waals surface area (Å²) >= 11 is 0. The van der Waals surface area contributed by atoms with Gasteiger partial charge in [0.1, 0.15) is 6.61 Å². The lowest BCUT2D eigenvalue weighted by Gasteiger charge is -2.05. The first-order chi connectivity index (χ1) is 8.54. The van der Waals surface area contributed by atoms with E-state index < -0.39 is 5.97 Å². The van der Waals surface area contributed by atoms with Gasteiger partial charge in [0, 0.05) is 18.9 Å². The molecular formula is C13H15N3O2. The fourth-order valence-electron chi connectivity index (χ4n) is 1.69. The Labute approximate surface area is 105 Å². The summed E-state index contributed by atoms with van der Waals surface area (Å²) in [6.07, 6.45) is 1.80. The number of carbonyl (C=O) groups is 1. The van der Waals surface area contributed by atoms with Crippen LogP contribution in [0.3, 0.4) is 0 Å². The average Bonchev–Trinajstić information content (AvgIpc) is 2.70. The first kappa shape index (κ1) is 12.2. The molecule has 1 aromatic carbocycles. The molecule has 2 N–H and O–H groups in total. The number of aromatic nitrogens is 2. The molecule has 1 aromatic heterocycles. The van der Waals surface area contributed by atoms with Gasteiger partial charge in [0.15, 0.2) is 0 Å². The molecule has 0 aliphatic rings. The number of ether oxygens (including phenoxy) is 1. The van der Waals surface area contributed by atoms with Gasteiger partial charge in [-0.3, -0.25) is 4.68 Å². The third kappa shape index (κ3) is 2.88. The maximum Gasteiger partial charge on any atom is 0.338 e. The number of carbonyl (C=O) groups excluding carboxylic acids is 1. The van der Waals surface area contributed by atoms with Crippen LogP contribution >= 0.6 is 0 Å². The third-order valence-electron chi connectivity index (χ3n) is 2.46. The van der Waals surface area contributed by atoms with Crippen LogP contribution in [-0.4, -0.2) is 15.7 Å². The number of hydrogen-bond donors (Lipinski definition) is 1. The Morgan fingerprint density at radius 3 is 2.83 bits per heavy atom. The zero-order valence-electron chi connectivity index (χ0n) is 10.4. The standard InChI is InChI=1S/C13H15N3O2/c1-9-5-10(7-11(14)6-9)13(17)18-8-12-3-4-16(2)15-12/h3-7H,8,14H2,1-2H3. The number of benzene rings is 1. The Morgan fingerprint density at radius 1 is 1.44 bits per heavy atom. The summed E-state index contributed by atoms with van der Waals surface area (Å²) in [6.45, 7) is 2.04. The van der Waals surface area contributed by atoms with Crippen molar-refractivity contribution in [2.24, 2.45) is 7.05 Å². The maximum absolute atomic E-state index is 11.8. The van der Waals surface area contributed by atoms with Crippen molar-refractivity contribution in [2.75, 3.05) is 5.73 Å². The summed E-state index contributed by atoms with van der Waals surface area (Å²) in [5.74, 6) is -0.393. The summed E-state index contributed by atoms with van der Waals surface area (Å²) in [5.41, 5.74) is 8.35.